The molecule has 2 atom stereocenters. The summed E-state index contributed by atoms with van der Waals surface area (Å²) < 4.78 is 5.47. The lowest BCUT2D eigenvalue weighted by atomic mass is 9.61. The summed E-state index contributed by atoms with van der Waals surface area (Å²) in [6.45, 7) is 1.95. The zero-order valence-electron chi connectivity index (χ0n) is 17.3. The minimum atomic E-state index is -1.00. The van der Waals surface area contributed by atoms with Crippen molar-refractivity contribution in [3.63, 3.8) is 0 Å². The minimum absolute atomic E-state index is 0.0383. The van der Waals surface area contributed by atoms with E-state index in [0.717, 1.165) is 47.4 Å². The van der Waals surface area contributed by atoms with E-state index in [0.29, 0.717) is 12.3 Å². The molecule has 1 aliphatic heterocycles. The molecular formula is C24H24N4O2. The Morgan fingerprint density at radius 1 is 1.30 bits per heavy atom. The van der Waals surface area contributed by atoms with E-state index in [1.807, 2.05) is 6.92 Å². The van der Waals surface area contributed by atoms with Crippen LogP contribution in [-0.2, 0) is 29.6 Å². The van der Waals surface area contributed by atoms with Crippen LogP contribution in [0, 0.1) is 30.1 Å². The molecule has 1 unspecified atom stereocenters. The van der Waals surface area contributed by atoms with Crippen molar-refractivity contribution in [2.24, 2.45) is 22.1 Å². The van der Waals surface area contributed by atoms with E-state index in [9.17, 15) is 4.79 Å². The molecule has 1 amide bonds. The number of aryl methyl sites for hydroxylation is 2. The average Bonchev–Trinajstić information content (AvgIpc) is 3.41. The van der Waals surface area contributed by atoms with Gasteiger partial charge in [0.25, 0.3) is 5.91 Å². The maximum absolute atomic E-state index is 13.8. The van der Waals surface area contributed by atoms with Gasteiger partial charge >= 0.3 is 0 Å². The van der Waals surface area contributed by atoms with Crippen molar-refractivity contribution in [3.8, 4) is 11.8 Å². The summed E-state index contributed by atoms with van der Waals surface area (Å²) in [6.07, 6.45) is 5.49. The van der Waals surface area contributed by atoms with Crippen molar-refractivity contribution < 1.29 is 9.32 Å². The van der Waals surface area contributed by atoms with Crippen molar-refractivity contribution in [1.82, 2.24) is 10.1 Å². The van der Waals surface area contributed by atoms with Crippen LogP contribution in [-0.4, -0.2) is 29.0 Å². The number of carbonyl (C=O) groups excluding carboxylic acids is 1. The smallest absolute Gasteiger partial charge is 0.262 e. The Morgan fingerprint density at radius 2 is 2.13 bits per heavy atom. The van der Waals surface area contributed by atoms with Gasteiger partial charge in [-0.05, 0) is 68.7 Å². The molecule has 1 aromatic heterocycles. The topological polar surface area (TPSA) is 84.7 Å². The second-order valence-electron chi connectivity index (χ2n) is 9.26. The number of amides is 1. The molecule has 2 aromatic rings. The fraction of sp³-hybridized carbons (Fsp3) is 0.458. The zero-order chi connectivity index (χ0) is 20.7. The first kappa shape index (κ1) is 17.8. The molecule has 1 aromatic carbocycles. The maximum atomic E-state index is 13.8. The second kappa shape index (κ2) is 5.75. The van der Waals surface area contributed by atoms with Crippen LogP contribution in [0.15, 0.2) is 27.7 Å². The summed E-state index contributed by atoms with van der Waals surface area (Å²) in [7, 11) is 1.72. The van der Waals surface area contributed by atoms with Gasteiger partial charge in [-0.3, -0.25) is 9.69 Å². The van der Waals surface area contributed by atoms with Crippen molar-refractivity contribution in [1.29, 1.82) is 0 Å². The SMILES string of the molecule is Cc1onc2c1C[C@]1(CC2)Cc2ccc(C#CC3CC3)cc2C12N=C(N)N(C)C2=O. The van der Waals surface area contributed by atoms with Crippen molar-refractivity contribution in [2.45, 2.75) is 51.0 Å². The van der Waals surface area contributed by atoms with Gasteiger partial charge in [0.1, 0.15) is 5.76 Å². The molecule has 6 nitrogen and oxygen atoms in total. The summed E-state index contributed by atoms with van der Waals surface area (Å²) in [5.74, 6) is 8.26. The van der Waals surface area contributed by atoms with E-state index >= 15 is 0 Å². The minimum Gasteiger partial charge on any atom is -0.369 e. The van der Waals surface area contributed by atoms with Crippen LogP contribution in [0.5, 0.6) is 0 Å². The van der Waals surface area contributed by atoms with Gasteiger partial charge in [0.2, 0.25) is 0 Å². The summed E-state index contributed by atoms with van der Waals surface area (Å²) >= 11 is 0. The van der Waals surface area contributed by atoms with Gasteiger partial charge in [0.05, 0.1) is 5.69 Å². The van der Waals surface area contributed by atoms with E-state index in [2.05, 4.69) is 35.2 Å². The molecule has 4 aliphatic rings. The van der Waals surface area contributed by atoms with E-state index in [4.69, 9.17) is 15.2 Å². The number of hydrogen-bond donors (Lipinski definition) is 1. The van der Waals surface area contributed by atoms with E-state index in [1.54, 1.807) is 7.05 Å². The number of nitrogens with zero attached hydrogens (tertiary/aromatic N) is 3. The van der Waals surface area contributed by atoms with Gasteiger partial charge in [0, 0.05) is 29.5 Å². The van der Waals surface area contributed by atoms with Crippen LogP contribution >= 0.6 is 0 Å². The fourth-order valence-corrected chi connectivity index (χ4v) is 5.60. The number of benzene rings is 1. The highest BCUT2D eigenvalue weighted by molar-refractivity contribution is 6.08. The molecule has 1 fully saturated rings. The third kappa shape index (κ3) is 2.18. The Bertz CT molecular complexity index is 1200. The predicted molar refractivity (Wildman–Crippen MR) is 112 cm³/mol. The van der Waals surface area contributed by atoms with Gasteiger partial charge in [-0.25, -0.2) is 4.99 Å². The number of likely N-dealkylation sites (N-methyl/N-ethyl adjacent to an activating group) is 1. The highest BCUT2D eigenvalue weighted by Crippen LogP contribution is 2.60. The lowest BCUT2D eigenvalue weighted by Gasteiger charge is -2.43. The number of nitrogens with two attached hydrogens (primary N) is 1. The molecule has 3 aliphatic carbocycles. The molecular weight excluding hydrogens is 376 g/mol. The summed E-state index contributed by atoms with van der Waals surface area (Å²) in [4.78, 5) is 20.2. The third-order valence-corrected chi connectivity index (χ3v) is 7.46. The van der Waals surface area contributed by atoms with Gasteiger partial charge in [0.15, 0.2) is 11.5 Å². The van der Waals surface area contributed by atoms with Crippen LogP contribution in [0.25, 0.3) is 0 Å². The van der Waals surface area contributed by atoms with Crippen LogP contribution in [0.2, 0.25) is 0 Å². The second-order valence-corrected chi connectivity index (χ2v) is 9.26. The summed E-state index contributed by atoms with van der Waals surface area (Å²) in [5.41, 5.74) is 10.1. The standard InChI is InChI=1S/C24H24N4O2/c1-14-18-13-23(10-9-20(18)27-30-14)12-17-8-7-16(6-5-15-3-4-15)11-19(17)24(23)21(29)28(2)22(25)26-24/h7-8,11,15H,3-4,9-10,12-13H2,1-2H3,(H2,25,26)/t23-,24?/m0/s1. The highest BCUT2D eigenvalue weighted by atomic mass is 16.5. The van der Waals surface area contributed by atoms with Crippen LogP contribution in [0.4, 0.5) is 0 Å². The quantitative estimate of drug-likeness (QED) is 0.689. The van der Waals surface area contributed by atoms with Gasteiger partial charge < -0.3 is 10.3 Å². The van der Waals surface area contributed by atoms with Crippen molar-refractivity contribution >= 4 is 11.9 Å². The van der Waals surface area contributed by atoms with Gasteiger partial charge in [-0.15, -0.1) is 0 Å². The molecule has 1 saturated carbocycles. The lowest BCUT2D eigenvalue weighted by molar-refractivity contribution is -0.135. The van der Waals surface area contributed by atoms with Crippen LogP contribution in [0.1, 0.15) is 53.0 Å². The van der Waals surface area contributed by atoms with E-state index in [-0.39, 0.29) is 17.3 Å². The van der Waals surface area contributed by atoms with Crippen molar-refractivity contribution in [2.75, 3.05) is 7.05 Å². The Morgan fingerprint density at radius 3 is 2.87 bits per heavy atom. The molecule has 2 N–H and O–H groups in total. The van der Waals surface area contributed by atoms with Gasteiger partial charge in [-0.1, -0.05) is 23.1 Å². The Kier molecular flexibility index (Phi) is 3.41. The van der Waals surface area contributed by atoms with Crippen LogP contribution < -0.4 is 5.73 Å². The molecule has 30 heavy (non-hydrogen) atoms. The number of carbonyl (C=O) groups is 1. The number of guanidine groups is 1. The molecule has 152 valence electrons. The fourth-order valence-electron chi connectivity index (χ4n) is 5.60. The molecule has 2 heterocycles. The molecule has 0 bridgehead atoms. The molecule has 0 radical (unpaired) electrons. The Labute approximate surface area is 175 Å². The summed E-state index contributed by atoms with van der Waals surface area (Å²) in [5, 5.41) is 4.24. The molecule has 6 heteroatoms. The zero-order valence-corrected chi connectivity index (χ0v) is 17.3. The van der Waals surface area contributed by atoms with Crippen LogP contribution in [0.3, 0.4) is 0 Å². The maximum Gasteiger partial charge on any atom is 0.262 e. The number of aromatic nitrogens is 1. The predicted octanol–water partition coefficient (Wildman–Crippen LogP) is 2.46. The first-order chi connectivity index (χ1) is 14.4. The van der Waals surface area contributed by atoms with Crippen molar-refractivity contribution in [3.05, 3.63) is 51.9 Å². The summed E-state index contributed by atoms with van der Waals surface area (Å²) in [6, 6.07) is 6.30. The molecule has 0 saturated heterocycles. The monoisotopic (exact) mass is 400 g/mol. The lowest BCUT2D eigenvalue weighted by Crippen LogP contribution is -2.51. The highest BCUT2D eigenvalue weighted by Gasteiger charge is 2.66. The number of hydrogen-bond acceptors (Lipinski definition) is 5. The first-order valence-electron chi connectivity index (χ1n) is 10.7. The number of aliphatic imine (C=N–C) groups is 1. The van der Waals surface area contributed by atoms with E-state index < -0.39 is 5.54 Å². The molecule has 6 rings (SSSR count). The first-order valence-corrected chi connectivity index (χ1v) is 10.7. The number of fused-ring (bicyclic) bond motifs is 4. The third-order valence-electron chi connectivity index (χ3n) is 7.46. The molecule has 2 spiro atoms. The van der Waals surface area contributed by atoms with Gasteiger partial charge in [-0.2, -0.15) is 0 Å². The number of rotatable bonds is 0. The average molecular weight is 400 g/mol. The Balaban J connectivity index is 1.54. The van der Waals surface area contributed by atoms with E-state index in [1.165, 1.54) is 23.3 Å². The normalized spacial score (nSPS) is 29.1. The largest absolute Gasteiger partial charge is 0.369 e. The Hall–Kier alpha value is -3.07.